The molecule has 1 aromatic heterocycles. The molecule has 0 aromatic carbocycles. The highest BCUT2D eigenvalue weighted by Crippen LogP contribution is 2.24. The third-order valence-corrected chi connectivity index (χ3v) is 3.35. The van der Waals surface area contributed by atoms with E-state index in [-0.39, 0.29) is 12.6 Å². The maximum atomic E-state index is 10.8. The van der Waals surface area contributed by atoms with Crippen molar-refractivity contribution in [2.24, 2.45) is 0 Å². The highest BCUT2D eigenvalue weighted by Gasteiger charge is 2.24. The molecule has 0 unspecified atom stereocenters. The van der Waals surface area contributed by atoms with Crippen molar-refractivity contribution in [3.63, 3.8) is 0 Å². The Kier molecular flexibility index (Phi) is 3.54. The van der Waals surface area contributed by atoms with Gasteiger partial charge in [0.15, 0.2) is 5.15 Å². The summed E-state index contributed by atoms with van der Waals surface area (Å²) in [6, 6.07) is 0.156. The van der Waals surface area contributed by atoms with E-state index in [2.05, 4.69) is 5.10 Å². The number of nitrogens with zero attached hydrogens (tertiary/aromatic N) is 3. The quantitative estimate of drug-likeness (QED) is 0.840. The van der Waals surface area contributed by atoms with Gasteiger partial charge in [0, 0.05) is 24.8 Å². The Hall–Kier alpha value is -1.27. The van der Waals surface area contributed by atoms with Crippen molar-refractivity contribution in [3.05, 3.63) is 16.9 Å². The van der Waals surface area contributed by atoms with Gasteiger partial charge < -0.3 is 15.1 Å². The Labute approximate surface area is 103 Å². The van der Waals surface area contributed by atoms with Crippen LogP contribution in [0, 0.1) is 0 Å². The van der Waals surface area contributed by atoms with Gasteiger partial charge >= 0.3 is 6.09 Å². The maximum Gasteiger partial charge on any atom is 0.407 e. The monoisotopic (exact) mass is 259 g/mol. The molecule has 17 heavy (non-hydrogen) atoms. The van der Waals surface area contributed by atoms with Gasteiger partial charge in [-0.1, -0.05) is 11.6 Å². The Bertz CT molecular complexity index is 413. The van der Waals surface area contributed by atoms with Crippen LogP contribution in [0.4, 0.5) is 4.79 Å². The molecular formula is C10H14ClN3O3. The Morgan fingerprint density at radius 1 is 1.53 bits per heavy atom. The first kappa shape index (κ1) is 12.2. The lowest BCUT2D eigenvalue weighted by atomic mass is 10.1. The average molecular weight is 260 g/mol. The standard InChI is InChI=1S/C10H14ClN3O3/c11-9-7(6-15)5-14(12-9)8-1-3-13(4-2-8)10(16)17/h5,8,15H,1-4,6H2,(H,16,17). The zero-order valence-corrected chi connectivity index (χ0v) is 9.97. The maximum absolute atomic E-state index is 10.8. The van der Waals surface area contributed by atoms with Crippen molar-refractivity contribution in [2.75, 3.05) is 13.1 Å². The molecule has 94 valence electrons. The topological polar surface area (TPSA) is 78.6 Å². The number of rotatable bonds is 2. The van der Waals surface area contributed by atoms with Crippen LogP contribution in [0.25, 0.3) is 0 Å². The summed E-state index contributed by atoms with van der Waals surface area (Å²) in [5, 5.41) is 22.3. The Morgan fingerprint density at radius 2 is 2.18 bits per heavy atom. The second-order valence-corrected chi connectivity index (χ2v) is 4.44. The van der Waals surface area contributed by atoms with Gasteiger partial charge in [0.25, 0.3) is 0 Å². The van der Waals surface area contributed by atoms with E-state index in [4.69, 9.17) is 21.8 Å². The minimum atomic E-state index is -0.877. The molecule has 0 saturated carbocycles. The summed E-state index contributed by atoms with van der Waals surface area (Å²) in [7, 11) is 0. The summed E-state index contributed by atoms with van der Waals surface area (Å²) in [4.78, 5) is 12.1. The molecule has 2 N–H and O–H groups in total. The number of hydrogen-bond acceptors (Lipinski definition) is 3. The first-order chi connectivity index (χ1) is 8.11. The van der Waals surface area contributed by atoms with Crippen molar-refractivity contribution < 1.29 is 15.0 Å². The summed E-state index contributed by atoms with van der Waals surface area (Å²) < 4.78 is 1.73. The minimum Gasteiger partial charge on any atom is -0.465 e. The van der Waals surface area contributed by atoms with Crippen LogP contribution in [-0.4, -0.2) is 44.1 Å². The molecule has 2 rings (SSSR count). The molecule has 0 bridgehead atoms. The second-order valence-electron chi connectivity index (χ2n) is 4.08. The van der Waals surface area contributed by atoms with Gasteiger partial charge in [0.05, 0.1) is 12.6 Å². The predicted molar refractivity (Wildman–Crippen MR) is 61.0 cm³/mol. The van der Waals surface area contributed by atoms with Crippen LogP contribution in [0.3, 0.4) is 0 Å². The number of halogens is 1. The first-order valence-corrected chi connectivity index (χ1v) is 5.82. The molecular weight excluding hydrogens is 246 g/mol. The molecule has 0 atom stereocenters. The van der Waals surface area contributed by atoms with Crippen LogP contribution in [0.2, 0.25) is 5.15 Å². The number of carboxylic acid groups (broad SMARTS) is 1. The molecule has 2 heterocycles. The van der Waals surface area contributed by atoms with Gasteiger partial charge in [0.2, 0.25) is 0 Å². The molecule has 1 saturated heterocycles. The fraction of sp³-hybridized carbons (Fsp3) is 0.600. The van der Waals surface area contributed by atoms with Crippen LogP contribution < -0.4 is 0 Å². The van der Waals surface area contributed by atoms with E-state index in [0.717, 1.165) is 12.8 Å². The second kappa shape index (κ2) is 4.93. The number of carbonyl (C=O) groups is 1. The molecule has 0 aliphatic carbocycles. The molecule has 7 heteroatoms. The molecule has 1 fully saturated rings. The van der Waals surface area contributed by atoms with Crippen LogP contribution in [0.5, 0.6) is 0 Å². The van der Waals surface area contributed by atoms with Gasteiger partial charge in [-0.05, 0) is 12.8 Å². The van der Waals surface area contributed by atoms with Gasteiger partial charge in [-0.25, -0.2) is 4.79 Å². The van der Waals surface area contributed by atoms with Crippen molar-refractivity contribution >= 4 is 17.7 Å². The number of hydrogen-bond donors (Lipinski definition) is 2. The lowest BCUT2D eigenvalue weighted by molar-refractivity contribution is 0.124. The highest BCUT2D eigenvalue weighted by molar-refractivity contribution is 6.30. The number of aromatic nitrogens is 2. The van der Waals surface area contributed by atoms with E-state index in [1.54, 1.807) is 10.9 Å². The van der Waals surface area contributed by atoms with Crippen LogP contribution in [-0.2, 0) is 6.61 Å². The number of piperidine rings is 1. The highest BCUT2D eigenvalue weighted by atomic mass is 35.5. The zero-order valence-electron chi connectivity index (χ0n) is 9.21. The van der Waals surface area contributed by atoms with Crippen LogP contribution >= 0.6 is 11.6 Å². The number of aliphatic hydroxyl groups is 1. The molecule has 6 nitrogen and oxygen atoms in total. The molecule has 0 spiro atoms. The minimum absolute atomic E-state index is 0.132. The third-order valence-electron chi connectivity index (χ3n) is 3.04. The zero-order chi connectivity index (χ0) is 12.4. The summed E-state index contributed by atoms with van der Waals surface area (Å²) in [5.41, 5.74) is 0.604. The Morgan fingerprint density at radius 3 is 2.65 bits per heavy atom. The van der Waals surface area contributed by atoms with Crippen LogP contribution in [0.15, 0.2) is 6.20 Å². The smallest absolute Gasteiger partial charge is 0.407 e. The predicted octanol–water partition coefficient (Wildman–Crippen LogP) is 1.34. The van der Waals surface area contributed by atoms with Crippen molar-refractivity contribution in [1.82, 2.24) is 14.7 Å². The fourth-order valence-corrected chi connectivity index (χ4v) is 2.22. The molecule has 1 amide bonds. The lowest BCUT2D eigenvalue weighted by Gasteiger charge is -2.29. The number of amides is 1. The summed E-state index contributed by atoms with van der Waals surface area (Å²) >= 11 is 5.85. The first-order valence-electron chi connectivity index (χ1n) is 5.44. The van der Waals surface area contributed by atoms with E-state index in [1.165, 1.54) is 4.90 Å². The SMILES string of the molecule is O=C(O)N1CCC(n2cc(CO)c(Cl)n2)CC1. The van der Waals surface area contributed by atoms with E-state index in [1.807, 2.05) is 0 Å². The van der Waals surface area contributed by atoms with Gasteiger partial charge in [-0.2, -0.15) is 5.10 Å². The lowest BCUT2D eigenvalue weighted by Crippen LogP contribution is -2.38. The van der Waals surface area contributed by atoms with Gasteiger partial charge in [-0.15, -0.1) is 0 Å². The van der Waals surface area contributed by atoms with Crippen molar-refractivity contribution in [2.45, 2.75) is 25.5 Å². The molecule has 1 aliphatic heterocycles. The summed E-state index contributed by atoms with van der Waals surface area (Å²) in [6.45, 7) is 0.880. The number of aliphatic hydroxyl groups excluding tert-OH is 1. The van der Waals surface area contributed by atoms with Gasteiger partial charge in [0.1, 0.15) is 0 Å². The summed E-state index contributed by atoms with van der Waals surface area (Å²) in [5.74, 6) is 0. The average Bonchev–Trinajstić information content (AvgIpc) is 2.70. The third kappa shape index (κ3) is 2.53. The number of likely N-dealkylation sites (tertiary alicyclic amines) is 1. The summed E-state index contributed by atoms with van der Waals surface area (Å²) in [6.07, 6.45) is 2.28. The van der Waals surface area contributed by atoms with E-state index in [0.29, 0.717) is 23.8 Å². The van der Waals surface area contributed by atoms with Gasteiger partial charge in [-0.3, -0.25) is 4.68 Å². The van der Waals surface area contributed by atoms with E-state index in [9.17, 15) is 4.79 Å². The van der Waals surface area contributed by atoms with E-state index >= 15 is 0 Å². The fourth-order valence-electron chi connectivity index (χ4n) is 2.02. The van der Waals surface area contributed by atoms with Crippen LogP contribution in [0.1, 0.15) is 24.4 Å². The molecule has 0 radical (unpaired) electrons. The van der Waals surface area contributed by atoms with Crippen molar-refractivity contribution in [1.29, 1.82) is 0 Å². The normalized spacial score (nSPS) is 17.4. The largest absolute Gasteiger partial charge is 0.465 e. The molecule has 1 aliphatic rings. The Balaban J connectivity index is 2.02. The van der Waals surface area contributed by atoms with Crippen molar-refractivity contribution in [3.8, 4) is 0 Å². The van der Waals surface area contributed by atoms with E-state index < -0.39 is 6.09 Å². The molecule has 1 aromatic rings.